The lowest BCUT2D eigenvalue weighted by Crippen LogP contribution is -2.33. The molecule has 0 spiro atoms. The van der Waals surface area contributed by atoms with Gasteiger partial charge in [-0.1, -0.05) is 12.1 Å². The summed E-state index contributed by atoms with van der Waals surface area (Å²) in [4.78, 5) is 24.7. The second kappa shape index (κ2) is 4.57. The molecule has 0 radical (unpaired) electrons. The van der Waals surface area contributed by atoms with Gasteiger partial charge in [0.05, 0.1) is 0 Å². The summed E-state index contributed by atoms with van der Waals surface area (Å²) >= 11 is 0. The molecule has 0 atom stereocenters. The Morgan fingerprint density at radius 2 is 2.06 bits per heavy atom. The molecule has 1 saturated carbocycles. The van der Waals surface area contributed by atoms with Crippen LogP contribution < -0.4 is 5.32 Å². The van der Waals surface area contributed by atoms with Crippen molar-refractivity contribution in [1.82, 2.24) is 4.90 Å². The van der Waals surface area contributed by atoms with E-state index in [4.69, 9.17) is 0 Å². The number of urea groups is 1. The van der Waals surface area contributed by atoms with Crippen molar-refractivity contribution in [3.8, 4) is 0 Å². The molecule has 2 rings (SSSR count). The van der Waals surface area contributed by atoms with E-state index in [0.717, 1.165) is 12.8 Å². The highest BCUT2D eigenvalue weighted by Crippen LogP contribution is 2.25. The maximum absolute atomic E-state index is 11.8. The first kappa shape index (κ1) is 11.6. The monoisotopic (exact) mass is 232 g/mol. The SMILES string of the molecule is CC(=O)c1cccc(NC(=O)N(C)C2CC2)c1. The van der Waals surface area contributed by atoms with Gasteiger partial charge >= 0.3 is 6.03 Å². The molecule has 1 aliphatic rings. The zero-order chi connectivity index (χ0) is 12.4. The number of carbonyl (C=O) groups is 2. The summed E-state index contributed by atoms with van der Waals surface area (Å²) in [5.74, 6) is -0.00311. The van der Waals surface area contributed by atoms with Crippen molar-refractivity contribution in [2.75, 3.05) is 12.4 Å². The summed E-state index contributed by atoms with van der Waals surface area (Å²) in [6.45, 7) is 1.51. The van der Waals surface area contributed by atoms with E-state index in [1.54, 1.807) is 36.2 Å². The molecule has 1 aliphatic carbocycles. The van der Waals surface area contributed by atoms with Crippen molar-refractivity contribution in [1.29, 1.82) is 0 Å². The highest BCUT2D eigenvalue weighted by atomic mass is 16.2. The van der Waals surface area contributed by atoms with Gasteiger partial charge in [-0.3, -0.25) is 4.79 Å². The van der Waals surface area contributed by atoms with Crippen LogP contribution in [0.3, 0.4) is 0 Å². The van der Waals surface area contributed by atoms with Gasteiger partial charge in [0.15, 0.2) is 5.78 Å². The Hall–Kier alpha value is -1.84. The van der Waals surface area contributed by atoms with Crippen LogP contribution >= 0.6 is 0 Å². The topological polar surface area (TPSA) is 49.4 Å². The number of nitrogens with zero attached hydrogens (tertiary/aromatic N) is 1. The van der Waals surface area contributed by atoms with Crippen molar-refractivity contribution in [2.24, 2.45) is 0 Å². The van der Waals surface area contributed by atoms with Gasteiger partial charge in [-0.2, -0.15) is 0 Å². The fourth-order valence-electron chi connectivity index (χ4n) is 1.66. The quantitative estimate of drug-likeness (QED) is 0.814. The van der Waals surface area contributed by atoms with Crippen LogP contribution in [0.1, 0.15) is 30.1 Å². The van der Waals surface area contributed by atoms with Crippen LogP contribution in [0.2, 0.25) is 0 Å². The van der Waals surface area contributed by atoms with Gasteiger partial charge in [0.1, 0.15) is 0 Å². The van der Waals surface area contributed by atoms with E-state index < -0.39 is 0 Å². The minimum absolute atomic E-state index is 0.00311. The number of nitrogens with one attached hydrogen (secondary N) is 1. The average molecular weight is 232 g/mol. The number of carbonyl (C=O) groups excluding carboxylic acids is 2. The lowest BCUT2D eigenvalue weighted by atomic mass is 10.1. The number of Topliss-reactive ketones (excluding diaryl/α,β-unsaturated/α-hetero) is 1. The third-order valence-corrected chi connectivity index (χ3v) is 2.94. The summed E-state index contributed by atoms with van der Waals surface area (Å²) in [6.07, 6.45) is 2.16. The molecule has 0 unspecified atom stereocenters. The summed E-state index contributed by atoms with van der Waals surface area (Å²) in [7, 11) is 1.79. The fraction of sp³-hybridized carbons (Fsp3) is 0.385. The van der Waals surface area contributed by atoms with Crippen LogP contribution in [-0.2, 0) is 0 Å². The first-order chi connectivity index (χ1) is 8.08. The maximum Gasteiger partial charge on any atom is 0.321 e. The molecule has 4 heteroatoms. The second-order valence-corrected chi connectivity index (χ2v) is 4.41. The van der Waals surface area contributed by atoms with E-state index in [0.29, 0.717) is 17.3 Å². The molecule has 90 valence electrons. The van der Waals surface area contributed by atoms with E-state index in [2.05, 4.69) is 5.32 Å². The largest absolute Gasteiger partial charge is 0.325 e. The average Bonchev–Trinajstić information content (AvgIpc) is 3.12. The molecular weight excluding hydrogens is 216 g/mol. The molecule has 0 bridgehead atoms. The first-order valence-corrected chi connectivity index (χ1v) is 5.73. The number of benzene rings is 1. The normalized spacial score (nSPS) is 14.2. The standard InChI is InChI=1S/C13H16N2O2/c1-9(16)10-4-3-5-11(8-10)14-13(17)15(2)12-6-7-12/h3-5,8,12H,6-7H2,1-2H3,(H,14,17). The number of anilines is 1. The summed E-state index contributed by atoms with van der Waals surface area (Å²) < 4.78 is 0. The molecule has 4 nitrogen and oxygen atoms in total. The number of amides is 2. The molecule has 0 aliphatic heterocycles. The van der Waals surface area contributed by atoms with Crippen LogP contribution in [0, 0.1) is 0 Å². The number of hydrogen-bond acceptors (Lipinski definition) is 2. The van der Waals surface area contributed by atoms with Gasteiger partial charge in [0, 0.05) is 24.3 Å². The predicted octanol–water partition coefficient (Wildman–Crippen LogP) is 2.52. The first-order valence-electron chi connectivity index (χ1n) is 5.73. The van der Waals surface area contributed by atoms with Crippen LogP contribution in [0.4, 0.5) is 10.5 Å². The van der Waals surface area contributed by atoms with Crippen LogP contribution in [-0.4, -0.2) is 29.8 Å². The van der Waals surface area contributed by atoms with Gasteiger partial charge in [-0.15, -0.1) is 0 Å². The Morgan fingerprint density at radius 1 is 1.35 bits per heavy atom. The number of rotatable bonds is 3. The lowest BCUT2D eigenvalue weighted by Gasteiger charge is -2.17. The van der Waals surface area contributed by atoms with E-state index in [-0.39, 0.29) is 11.8 Å². The third kappa shape index (κ3) is 2.84. The van der Waals surface area contributed by atoms with Crippen molar-refractivity contribution in [2.45, 2.75) is 25.8 Å². The van der Waals surface area contributed by atoms with E-state index in [1.165, 1.54) is 6.92 Å². The van der Waals surface area contributed by atoms with Crippen LogP contribution in [0.25, 0.3) is 0 Å². The highest BCUT2D eigenvalue weighted by molar-refractivity contribution is 5.96. The Labute approximate surface area is 101 Å². The van der Waals surface area contributed by atoms with E-state index in [9.17, 15) is 9.59 Å². The predicted molar refractivity (Wildman–Crippen MR) is 66.3 cm³/mol. The second-order valence-electron chi connectivity index (χ2n) is 4.41. The minimum Gasteiger partial charge on any atom is -0.325 e. The highest BCUT2D eigenvalue weighted by Gasteiger charge is 2.29. The smallest absolute Gasteiger partial charge is 0.321 e. The van der Waals surface area contributed by atoms with Crippen molar-refractivity contribution >= 4 is 17.5 Å². The van der Waals surface area contributed by atoms with E-state index >= 15 is 0 Å². The molecule has 0 saturated heterocycles. The molecule has 1 aromatic rings. The van der Waals surface area contributed by atoms with Crippen LogP contribution in [0.5, 0.6) is 0 Å². The maximum atomic E-state index is 11.8. The van der Waals surface area contributed by atoms with Crippen molar-refractivity contribution in [3.05, 3.63) is 29.8 Å². The van der Waals surface area contributed by atoms with Gasteiger partial charge in [0.2, 0.25) is 0 Å². The zero-order valence-electron chi connectivity index (χ0n) is 10.1. The molecule has 1 N–H and O–H groups in total. The van der Waals surface area contributed by atoms with Crippen LogP contribution in [0.15, 0.2) is 24.3 Å². The Balaban J connectivity index is 2.04. The zero-order valence-corrected chi connectivity index (χ0v) is 10.1. The van der Waals surface area contributed by atoms with Gasteiger partial charge in [-0.25, -0.2) is 4.79 Å². The Bertz CT molecular complexity index is 452. The molecule has 1 aromatic carbocycles. The van der Waals surface area contributed by atoms with Crippen molar-refractivity contribution < 1.29 is 9.59 Å². The number of hydrogen-bond donors (Lipinski definition) is 1. The summed E-state index contributed by atoms with van der Waals surface area (Å²) in [5.41, 5.74) is 1.27. The third-order valence-electron chi connectivity index (χ3n) is 2.94. The molecule has 2 amide bonds. The van der Waals surface area contributed by atoms with Gasteiger partial charge in [-0.05, 0) is 31.9 Å². The van der Waals surface area contributed by atoms with Gasteiger partial charge in [0.25, 0.3) is 0 Å². The number of ketones is 1. The van der Waals surface area contributed by atoms with E-state index in [1.807, 2.05) is 0 Å². The molecule has 17 heavy (non-hydrogen) atoms. The van der Waals surface area contributed by atoms with Gasteiger partial charge < -0.3 is 10.2 Å². The molecule has 1 fully saturated rings. The molecular formula is C13H16N2O2. The Kier molecular flexibility index (Phi) is 3.13. The summed E-state index contributed by atoms with van der Waals surface area (Å²) in [6, 6.07) is 7.25. The lowest BCUT2D eigenvalue weighted by molar-refractivity contribution is 0.101. The molecule has 0 aromatic heterocycles. The molecule has 0 heterocycles. The fourth-order valence-corrected chi connectivity index (χ4v) is 1.66. The van der Waals surface area contributed by atoms with Crippen molar-refractivity contribution in [3.63, 3.8) is 0 Å². The minimum atomic E-state index is -0.117. The Morgan fingerprint density at radius 3 is 2.65 bits per heavy atom. The summed E-state index contributed by atoms with van der Waals surface area (Å²) in [5, 5.41) is 2.79.